The SMILES string of the molecule is CCC(=O)Nc1nc2ccc(NC(=O)Nc3cc(C)cc(C)c3)cc2s1. The second-order valence-corrected chi connectivity index (χ2v) is 7.09. The number of amides is 3. The number of nitrogens with one attached hydrogen (secondary N) is 3. The molecule has 134 valence electrons. The third kappa shape index (κ3) is 4.37. The predicted octanol–water partition coefficient (Wildman–Crippen LogP) is 4.91. The minimum absolute atomic E-state index is 0.0739. The van der Waals surface area contributed by atoms with Gasteiger partial charge >= 0.3 is 6.03 Å². The standard InChI is InChI=1S/C19H20N4O2S/c1-4-17(24)23-19-22-15-6-5-13(10-16(15)26-19)20-18(25)21-14-8-11(2)7-12(3)9-14/h5-10H,4H2,1-3H3,(H2,20,21,25)(H,22,23,24). The van der Waals surface area contributed by atoms with Gasteiger partial charge in [-0.3, -0.25) is 4.79 Å². The Morgan fingerprint density at radius 3 is 2.35 bits per heavy atom. The van der Waals surface area contributed by atoms with Crippen LogP contribution in [0, 0.1) is 13.8 Å². The molecule has 3 rings (SSSR count). The van der Waals surface area contributed by atoms with Crippen molar-refractivity contribution in [1.82, 2.24) is 4.98 Å². The van der Waals surface area contributed by atoms with Crippen LogP contribution < -0.4 is 16.0 Å². The average molecular weight is 368 g/mol. The molecule has 1 aromatic heterocycles. The first kappa shape index (κ1) is 17.9. The third-order valence-corrected chi connectivity index (χ3v) is 4.63. The number of hydrogen-bond acceptors (Lipinski definition) is 4. The van der Waals surface area contributed by atoms with E-state index in [9.17, 15) is 9.59 Å². The van der Waals surface area contributed by atoms with Crippen molar-refractivity contribution >= 4 is 50.0 Å². The Labute approximate surface area is 155 Å². The van der Waals surface area contributed by atoms with Gasteiger partial charge in [0.2, 0.25) is 5.91 Å². The molecule has 0 radical (unpaired) electrons. The number of rotatable bonds is 4. The Morgan fingerprint density at radius 2 is 1.65 bits per heavy atom. The van der Waals surface area contributed by atoms with Crippen molar-refractivity contribution in [2.45, 2.75) is 27.2 Å². The van der Waals surface area contributed by atoms with Gasteiger partial charge in [0.15, 0.2) is 5.13 Å². The zero-order valence-corrected chi connectivity index (χ0v) is 15.7. The van der Waals surface area contributed by atoms with E-state index in [1.807, 2.05) is 38.1 Å². The number of carbonyl (C=O) groups is 2. The number of benzene rings is 2. The van der Waals surface area contributed by atoms with E-state index in [0.717, 1.165) is 27.0 Å². The van der Waals surface area contributed by atoms with Gasteiger partial charge in [-0.05, 0) is 55.3 Å². The number of carbonyl (C=O) groups excluding carboxylic acids is 2. The van der Waals surface area contributed by atoms with E-state index in [1.165, 1.54) is 11.3 Å². The Balaban J connectivity index is 1.71. The van der Waals surface area contributed by atoms with Gasteiger partial charge in [-0.1, -0.05) is 24.3 Å². The number of anilines is 3. The summed E-state index contributed by atoms with van der Waals surface area (Å²) in [7, 11) is 0. The van der Waals surface area contributed by atoms with Crippen LogP contribution in [0.5, 0.6) is 0 Å². The minimum atomic E-state index is -0.307. The van der Waals surface area contributed by atoms with E-state index in [1.54, 1.807) is 13.0 Å². The van der Waals surface area contributed by atoms with Crippen molar-refractivity contribution < 1.29 is 9.59 Å². The number of urea groups is 1. The third-order valence-electron chi connectivity index (χ3n) is 3.69. The van der Waals surface area contributed by atoms with Crippen LogP contribution in [0.1, 0.15) is 24.5 Å². The number of aromatic nitrogens is 1. The van der Waals surface area contributed by atoms with Gasteiger partial charge in [0.25, 0.3) is 0 Å². The quantitative estimate of drug-likeness (QED) is 0.612. The monoisotopic (exact) mass is 368 g/mol. The molecule has 0 bridgehead atoms. The molecular formula is C19H20N4O2S. The second-order valence-electron chi connectivity index (χ2n) is 6.06. The molecular weight excluding hydrogens is 348 g/mol. The van der Waals surface area contributed by atoms with Gasteiger partial charge in [0, 0.05) is 17.8 Å². The lowest BCUT2D eigenvalue weighted by atomic mass is 10.1. The molecule has 0 aliphatic rings. The van der Waals surface area contributed by atoms with Crippen molar-refractivity contribution in [3.8, 4) is 0 Å². The van der Waals surface area contributed by atoms with Crippen molar-refractivity contribution in [2.24, 2.45) is 0 Å². The highest BCUT2D eigenvalue weighted by Gasteiger charge is 2.09. The highest BCUT2D eigenvalue weighted by atomic mass is 32.1. The molecule has 3 amide bonds. The van der Waals surface area contributed by atoms with Gasteiger partial charge < -0.3 is 16.0 Å². The molecule has 0 aliphatic carbocycles. The second kappa shape index (κ2) is 7.53. The highest BCUT2D eigenvalue weighted by Crippen LogP contribution is 2.28. The highest BCUT2D eigenvalue weighted by molar-refractivity contribution is 7.22. The maximum Gasteiger partial charge on any atom is 0.323 e. The summed E-state index contributed by atoms with van der Waals surface area (Å²) in [6.45, 7) is 5.77. The maximum atomic E-state index is 12.2. The zero-order valence-electron chi connectivity index (χ0n) is 14.8. The van der Waals surface area contributed by atoms with E-state index >= 15 is 0 Å². The van der Waals surface area contributed by atoms with E-state index < -0.39 is 0 Å². The molecule has 0 saturated heterocycles. The van der Waals surface area contributed by atoms with Crippen molar-refractivity contribution in [3.63, 3.8) is 0 Å². The van der Waals surface area contributed by atoms with Crippen LogP contribution in [0.4, 0.5) is 21.3 Å². The number of hydrogen-bond donors (Lipinski definition) is 3. The van der Waals surface area contributed by atoms with E-state index in [-0.39, 0.29) is 11.9 Å². The normalized spacial score (nSPS) is 10.6. The van der Waals surface area contributed by atoms with Crippen LogP contribution in [0.3, 0.4) is 0 Å². The van der Waals surface area contributed by atoms with E-state index in [2.05, 4.69) is 27.0 Å². The Kier molecular flexibility index (Phi) is 5.18. The van der Waals surface area contributed by atoms with Crippen LogP contribution in [0.2, 0.25) is 0 Å². The molecule has 26 heavy (non-hydrogen) atoms. The largest absolute Gasteiger partial charge is 0.323 e. The smallest absolute Gasteiger partial charge is 0.308 e. The molecule has 0 saturated carbocycles. The molecule has 0 spiro atoms. The lowest BCUT2D eigenvalue weighted by Gasteiger charge is -2.09. The fourth-order valence-electron chi connectivity index (χ4n) is 2.60. The molecule has 0 fully saturated rings. The van der Waals surface area contributed by atoms with Gasteiger partial charge in [-0.2, -0.15) is 0 Å². The molecule has 0 aliphatic heterocycles. The fraction of sp³-hybridized carbons (Fsp3) is 0.211. The summed E-state index contributed by atoms with van der Waals surface area (Å²) in [6.07, 6.45) is 0.404. The zero-order chi connectivity index (χ0) is 18.7. The molecule has 1 heterocycles. The molecule has 2 aromatic carbocycles. The molecule has 0 atom stereocenters. The van der Waals surface area contributed by atoms with Crippen LogP contribution in [-0.2, 0) is 4.79 Å². The number of fused-ring (bicyclic) bond motifs is 1. The van der Waals surface area contributed by atoms with Gasteiger partial charge in [-0.25, -0.2) is 9.78 Å². The number of aryl methyl sites for hydroxylation is 2. The summed E-state index contributed by atoms with van der Waals surface area (Å²) >= 11 is 1.38. The lowest BCUT2D eigenvalue weighted by Crippen LogP contribution is -2.19. The fourth-order valence-corrected chi connectivity index (χ4v) is 3.53. The Hall–Kier alpha value is -2.93. The van der Waals surface area contributed by atoms with Crippen molar-refractivity contribution in [3.05, 3.63) is 47.5 Å². The number of nitrogens with zero attached hydrogens (tertiary/aromatic N) is 1. The van der Waals surface area contributed by atoms with Crippen LogP contribution >= 0.6 is 11.3 Å². The Bertz CT molecular complexity index is 961. The summed E-state index contributed by atoms with van der Waals surface area (Å²) < 4.78 is 0.889. The topological polar surface area (TPSA) is 83.1 Å². The van der Waals surface area contributed by atoms with Crippen LogP contribution in [-0.4, -0.2) is 16.9 Å². The summed E-state index contributed by atoms with van der Waals surface area (Å²) in [5, 5.41) is 8.98. The van der Waals surface area contributed by atoms with Crippen molar-refractivity contribution in [1.29, 1.82) is 0 Å². The summed E-state index contributed by atoms with van der Waals surface area (Å²) in [6, 6.07) is 11.0. The first-order valence-corrected chi connectivity index (χ1v) is 9.11. The number of thiazole rings is 1. The molecule has 3 aromatic rings. The Morgan fingerprint density at radius 1 is 0.962 bits per heavy atom. The first-order chi connectivity index (χ1) is 12.4. The van der Waals surface area contributed by atoms with Gasteiger partial charge in [0.05, 0.1) is 10.2 Å². The molecule has 6 nitrogen and oxygen atoms in total. The van der Waals surface area contributed by atoms with E-state index in [0.29, 0.717) is 17.2 Å². The van der Waals surface area contributed by atoms with Gasteiger partial charge in [-0.15, -0.1) is 0 Å². The minimum Gasteiger partial charge on any atom is -0.308 e. The van der Waals surface area contributed by atoms with Crippen molar-refractivity contribution in [2.75, 3.05) is 16.0 Å². The summed E-state index contributed by atoms with van der Waals surface area (Å²) in [5.41, 5.74) is 4.38. The van der Waals surface area contributed by atoms with Gasteiger partial charge in [0.1, 0.15) is 0 Å². The average Bonchev–Trinajstić information content (AvgIpc) is 2.94. The summed E-state index contributed by atoms with van der Waals surface area (Å²) in [4.78, 5) is 28.1. The van der Waals surface area contributed by atoms with Crippen LogP contribution in [0.25, 0.3) is 10.2 Å². The molecule has 3 N–H and O–H groups in total. The molecule has 0 unspecified atom stereocenters. The van der Waals surface area contributed by atoms with Crippen LogP contribution in [0.15, 0.2) is 36.4 Å². The predicted molar refractivity (Wildman–Crippen MR) is 107 cm³/mol. The summed E-state index contributed by atoms with van der Waals surface area (Å²) in [5.74, 6) is -0.0739. The lowest BCUT2D eigenvalue weighted by molar-refractivity contribution is -0.115. The first-order valence-electron chi connectivity index (χ1n) is 8.29. The molecule has 7 heteroatoms. The van der Waals surface area contributed by atoms with E-state index in [4.69, 9.17) is 0 Å². The maximum absolute atomic E-state index is 12.2.